The van der Waals surface area contributed by atoms with Gasteiger partial charge in [-0.3, -0.25) is 9.69 Å². The van der Waals surface area contributed by atoms with E-state index >= 15 is 0 Å². The van der Waals surface area contributed by atoms with Gasteiger partial charge < -0.3 is 20.7 Å². The van der Waals surface area contributed by atoms with Gasteiger partial charge in [0.05, 0.1) is 17.9 Å². The van der Waals surface area contributed by atoms with Gasteiger partial charge in [0, 0.05) is 17.3 Å². The largest absolute Gasteiger partial charge is 0.447 e. The van der Waals surface area contributed by atoms with Gasteiger partial charge in [-0.1, -0.05) is 12.1 Å². The van der Waals surface area contributed by atoms with Crippen LogP contribution in [-0.4, -0.2) is 37.2 Å². The van der Waals surface area contributed by atoms with Gasteiger partial charge in [0.2, 0.25) is 0 Å². The van der Waals surface area contributed by atoms with Crippen molar-refractivity contribution >= 4 is 35.1 Å². The van der Waals surface area contributed by atoms with E-state index in [1.807, 2.05) is 13.8 Å². The molecule has 146 valence electrons. The standard InChI is InChI=1S/C20H22N4O4/c1-13(2)21-19(26)23-17-6-4-3-5-16(17)22-18(25)14-7-9-15(10-8-14)24-11-12-28-20(24)27/h3-10,13H,11-12H2,1-2H3,(H,22,25)(H2,21,23,26). The minimum absolute atomic E-state index is 0.00634. The number of rotatable bonds is 5. The van der Waals surface area contributed by atoms with Crippen molar-refractivity contribution in [2.75, 3.05) is 28.7 Å². The Morgan fingerprint density at radius 3 is 2.21 bits per heavy atom. The molecule has 3 rings (SSSR count). The number of para-hydroxylation sites is 2. The molecule has 1 aliphatic heterocycles. The van der Waals surface area contributed by atoms with E-state index < -0.39 is 6.09 Å². The lowest BCUT2D eigenvalue weighted by Gasteiger charge is -2.15. The van der Waals surface area contributed by atoms with Crippen molar-refractivity contribution in [2.24, 2.45) is 0 Å². The average molecular weight is 382 g/mol. The van der Waals surface area contributed by atoms with Crippen molar-refractivity contribution in [3.05, 3.63) is 54.1 Å². The molecule has 2 aromatic carbocycles. The minimum atomic E-state index is -0.392. The first-order valence-electron chi connectivity index (χ1n) is 8.96. The first-order chi connectivity index (χ1) is 13.4. The van der Waals surface area contributed by atoms with E-state index in [-0.39, 0.29) is 18.0 Å². The Balaban J connectivity index is 1.69. The van der Waals surface area contributed by atoms with Gasteiger partial charge in [0.1, 0.15) is 6.61 Å². The number of cyclic esters (lactones) is 1. The van der Waals surface area contributed by atoms with Crippen LogP contribution in [0.1, 0.15) is 24.2 Å². The third-order valence-corrected chi connectivity index (χ3v) is 4.05. The van der Waals surface area contributed by atoms with Crippen LogP contribution in [0.4, 0.5) is 26.7 Å². The molecule has 3 N–H and O–H groups in total. The van der Waals surface area contributed by atoms with Crippen LogP contribution < -0.4 is 20.9 Å². The van der Waals surface area contributed by atoms with Crippen LogP contribution in [-0.2, 0) is 4.74 Å². The van der Waals surface area contributed by atoms with Gasteiger partial charge in [-0.2, -0.15) is 0 Å². The molecule has 1 heterocycles. The smallest absolute Gasteiger partial charge is 0.414 e. The molecule has 0 bridgehead atoms. The van der Waals surface area contributed by atoms with E-state index in [1.54, 1.807) is 48.5 Å². The van der Waals surface area contributed by atoms with Gasteiger partial charge >= 0.3 is 12.1 Å². The van der Waals surface area contributed by atoms with Crippen molar-refractivity contribution in [1.29, 1.82) is 0 Å². The van der Waals surface area contributed by atoms with Crippen LogP contribution in [0.5, 0.6) is 0 Å². The zero-order valence-corrected chi connectivity index (χ0v) is 15.7. The van der Waals surface area contributed by atoms with Gasteiger partial charge in [-0.25, -0.2) is 9.59 Å². The summed E-state index contributed by atoms with van der Waals surface area (Å²) in [4.78, 5) is 37.6. The molecule has 0 aromatic heterocycles. The number of nitrogens with one attached hydrogen (secondary N) is 3. The molecule has 28 heavy (non-hydrogen) atoms. The van der Waals surface area contributed by atoms with Gasteiger partial charge in [0.25, 0.3) is 5.91 Å². The molecule has 2 aromatic rings. The molecule has 1 aliphatic rings. The van der Waals surface area contributed by atoms with Crippen LogP contribution in [0.2, 0.25) is 0 Å². The molecule has 0 atom stereocenters. The van der Waals surface area contributed by atoms with E-state index in [0.717, 1.165) is 0 Å². The maximum Gasteiger partial charge on any atom is 0.414 e. The molecule has 0 radical (unpaired) electrons. The van der Waals surface area contributed by atoms with Crippen LogP contribution in [0.25, 0.3) is 0 Å². The lowest BCUT2D eigenvalue weighted by atomic mass is 10.1. The Bertz CT molecular complexity index is 880. The SMILES string of the molecule is CC(C)NC(=O)Nc1ccccc1NC(=O)c1ccc(N2CCOC2=O)cc1. The summed E-state index contributed by atoms with van der Waals surface area (Å²) in [5.74, 6) is -0.325. The summed E-state index contributed by atoms with van der Waals surface area (Å²) >= 11 is 0. The van der Waals surface area contributed by atoms with E-state index in [9.17, 15) is 14.4 Å². The van der Waals surface area contributed by atoms with Crippen LogP contribution >= 0.6 is 0 Å². The monoisotopic (exact) mass is 382 g/mol. The van der Waals surface area contributed by atoms with Gasteiger partial charge in [-0.05, 0) is 50.2 Å². The maximum atomic E-state index is 12.6. The molecule has 4 amide bonds. The first-order valence-corrected chi connectivity index (χ1v) is 8.96. The fourth-order valence-electron chi connectivity index (χ4n) is 2.74. The second-order valence-corrected chi connectivity index (χ2v) is 6.57. The highest BCUT2D eigenvalue weighted by Crippen LogP contribution is 2.23. The number of anilines is 3. The van der Waals surface area contributed by atoms with Crippen molar-refractivity contribution in [3.8, 4) is 0 Å². The van der Waals surface area contributed by atoms with Crippen molar-refractivity contribution in [1.82, 2.24) is 5.32 Å². The molecular weight excluding hydrogens is 360 g/mol. The van der Waals surface area contributed by atoms with Gasteiger partial charge in [-0.15, -0.1) is 0 Å². The number of benzene rings is 2. The van der Waals surface area contributed by atoms with Crippen LogP contribution in [0, 0.1) is 0 Å². The summed E-state index contributed by atoms with van der Waals surface area (Å²) in [6.07, 6.45) is -0.392. The number of carbonyl (C=O) groups excluding carboxylic acids is 3. The van der Waals surface area contributed by atoms with E-state index in [2.05, 4.69) is 16.0 Å². The zero-order chi connectivity index (χ0) is 20.1. The minimum Gasteiger partial charge on any atom is -0.447 e. The fraction of sp³-hybridized carbons (Fsp3) is 0.250. The summed E-state index contributed by atoms with van der Waals surface area (Å²) in [5, 5.41) is 8.26. The first kappa shape index (κ1) is 19.2. The number of carbonyl (C=O) groups is 3. The number of nitrogens with zero attached hydrogens (tertiary/aromatic N) is 1. The second-order valence-electron chi connectivity index (χ2n) is 6.57. The molecule has 8 nitrogen and oxygen atoms in total. The normalized spacial score (nSPS) is 13.2. The molecule has 8 heteroatoms. The predicted octanol–water partition coefficient (Wildman–Crippen LogP) is 3.43. The quantitative estimate of drug-likeness (QED) is 0.738. The van der Waals surface area contributed by atoms with E-state index in [4.69, 9.17) is 4.74 Å². The predicted molar refractivity (Wildman–Crippen MR) is 107 cm³/mol. The van der Waals surface area contributed by atoms with Crippen molar-refractivity contribution < 1.29 is 19.1 Å². The molecular formula is C20H22N4O4. The molecule has 1 saturated heterocycles. The number of urea groups is 1. The fourth-order valence-corrected chi connectivity index (χ4v) is 2.74. The lowest BCUT2D eigenvalue weighted by molar-refractivity contribution is 0.102. The van der Waals surface area contributed by atoms with Crippen LogP contribution in [0.3, 0.4) is 0 Å². The number of ether oxygens (including phenoxy) is 1. The third-order valence-electron chi connectivity index (χ3n) is 4.05. The van der Waals surface area contributed by atoms with Crippen LogP contribution in [0.15, 0.2) is 48.5 Å². The Kier molecular flexibility index (Phi) is 5.78. The van der Waals surface area contributed by atoms with E-state index in [0.29, 0.717) is 35.8 Å². The molecule has 0 saturated carbocycles. The summed E-state index contributed by atoms with van der Waals surface area (Å²) in [7, 11) is 0. The molecule has 0 spiro atoms. The highest BCUT2D eigenvalue weighted by atomic mass is 16.6. The number of hydrogen-bond acceptors (Lipinski definition) is 4. The average Bonchev–Trinajstić information content (AvgIpc) is 3.08. The highest BCUT2D eigenvalue weighted by Gasteiger charge is 2.23. The Hall–Kier alpha value is -3.55. The topological polar surface area (TPSA) is 99.8 Å². The Morgan fingerprint density at radius 2 is 1.64 bits per heavy atom. The third kappa shape index (κ3) is 4.59. The summed E-state index contributed by atoms with van der Waals surface area (Å²) in [5.41, 5.74) is 2.08. The Morgan fingerprint density at radius 1 is 1.00 bits per heavy atom. The number of hydrogen-bond donors (Lipinski definition) is 3. The summed E-state index contributed by atoms with van der Waals surface area (Å²) < 4.78 is 4.91. The van der Waals surface area contributed by atoms with E-state index in [1.165, 1.54) is 4.90 Å². The lowest BCUT2D eigenvalue weighted by Crippen LogP contribution is -2.34. The Labute approximate surface area is 162 Å². The van der Waals surface area contributed by atoms with Crippen molar-refractivity contribution in [3.63, 3.8) is 0 Å². The maximum absolute atomic E-state index is 12.6. The zero-order valence-electron chi connectivity index (χ0n) is 15.7. The van der Waals surface area contributed by atoms with Gasteiger partial charge in [0.15, 0.2) is 0 Å². The molecule has 0 unspecified atom stereocenters. The number of amides is 4. The summed E-state index contributed by atoms with van der Waals surface area (Å²) in [6.45, 7) is 4.56. The van der Waals surface area contributed by atoms with Crippen molar-refractivity contribution in [2.45, 2.75) is 19.9 Å². The molecule has 0 aliphatic carbocycles. The highest BCUT2D eigenvalue weighted by molar-refractivity contribution is 6.07. The second kappa shape index (κ2) is 8.43. The molecule has 1 fully saturated rings. The summed E-state index contributed by atoms with van der Waals surface area (Å²) in [6, 6.07) is 13.3.